The van der Waals surface area contributed by atoms with Crippen LogP contribution in [0.2, 0.25) is 0 Å². The average molecular weight is 332 g/mol. The third-order valence-electron chi connectivity index (χ3n) is 3.89. The van der Waals surface area contributed by atoms with Crippen LogP contribution in [-0.4, -0.2) is 62.0 Å². The highest BCUT2D eigenvalue weighted by atomic mass is 16.5. The van der Waals surface area contributed by atoms with E-state index in [4.69, 9.17) is 9.47 Å². The maximum Gasteiger partial charge on any atom is 0.254 e. The van der Waals surface area contributed by atoms with E-state index in [1.54, 1.807) is 48.3 Å². The van der Waals surface area contributed by atoms with E-state index in [0.717, 1.165) is 5.57 Å². The fourth-order valence-corrected chi connectivity index (χ4v) is 2.58. The molecular weight excluding hydrogens is 308 g/mol. The fraction of sp³-hybridized carbons (Fsp3) is 0.444. The molecule has 1 aliphatic rings. The normalized spacial score (nSPS) is 14.2. The summed E-state index contributed by atoms with van der Waals surface area (Å²) >= 11 is 0. The van der Waals surface area contributed by atoms with Crippen LogP contribution in [0.4, 0.5) is 0 Å². The third kappa shape index (κ3) is 4.28. The number of methoxy groups -OCH3 is 2. The molecule has 0 radical (unpaired) electrons. The molecule has 0 N–H and O–H groups in total. The van der Waals surface area contributed by atoms with Gasteiger partial charge in [-0.25, -0.2) is 0 Å². The summed E-state index contributed by atoms with van der Waals surface area (Å²) in [6.45, 7) is 5.90. The molecule has 1 aromatic carbocycles. The lowest BCUT2D eigenvalue weighted by molar-refractivity contribution is -0.127. The van der Waals surface area contributed by atoms with Crippen LogP contribution in [0.5, 0.6) is 11.5 Å². The molecule has 0 bridgehead atoms. The molecule has 6 nitrogen and oxygen atoms in total. The number of rotatable bonds is 4. The van der Waals surface area contributed by atoms with Gasteiger partial charge in [-0.3, -0.25) is 9.59 Å². The standard InChI is InChI=1S/C18H24N2O4/c1-13(2)9-17(21)19-5-7-20(8-6-19)18(22)14-10-15(23-3)12-16(11-14)24-4/h9-12H,5-8H2,1-4H3. The lowest BCUT2D eigenvalue weighted by atomic mass is 10.1. The van der Waals surface area contributed by atoms with Crippen molar-refractivity contribution in [3.63, 3.8) is 0 Å². The van der Waals surface area contributed by atoms with Gasteiger partial charge in [0.2, 0.25) is 5.91 Å². The highest BCUT2D eigenvalue weighted by Crippen LogP contribution is 2.23. The summed E-state index contributed by atoms with van der Waals surface area (Å²) in [4.78, 5) is 28.2. The Labute approximate surface area is 142 Å². The molecule has 1 saturated heterocycles. The molecule has 6 heteroatoms. The van der Waals surface area contributed by atoms with E-state index in [0.29, 0.717) is 43.2 Å². The quantitative estimate of drug-likeness (QED) is 0.791. The second kappa shape index (κ2) is 7.86. The van der Waals surface area contributed by atoms with Crippen molar-refractivity contribution in [3.05, 3.63) is 35.4 Å². The van der Waals surface area contributed by atoms with Crippen molar-refractivity contribution in [3.8, 4) is 11.5 Å². The van der Waals surface area contributed by atoms with Crippen LogP contribution < -0.4 is 9.47 Å². The first-order valence-corrected chi connectivity index (χ1v) is 7.90. The Hall–Kier alpha value is -2.50. The highest BCUT2D eigenvalue weighted by Gasteiger charge is 2.24. The zero-order valence-electron chi connectivity index (χ0n) is 14.7. The van der Waals surface area contributed by atoms with Crippen molar-refractivity contribution in [2.24, 2.45) is 0 Å². The van der Waals surface area contributed by atoms with Gasteiger partial charge in [-0.2, -0.15) is 0 Å². The SMILES string of the molecule is COc1cc(OC)cc(C(=O)N2CCN(C(=O)C=C(C)C)CC2)c1. The van der Waals surface area contributed by atoms with Crippen LogP contribution in [0.25, 0.3) is 0 Å². The first-order chi connectivity index (χ1) is 11.4. The van der Waals surface area contributed by atoms with E-state index in [9.17, 15) is 9.59 Å². The molecule has 130 valence electrons. The Morgan fingerprint density at radius 2 is 1.42 bits per heavy atom. The van der Waals surface area contributed by atoms with Gasteiger partial charge in [0.05, 0.1) is 14.2 Å². The van der Waals surface area contributed by atoms with Crippen molar-refractivity contribution in [2.75, 3.05) is 40.4 Å². The summed E-state index contributed by atoms with van der Waals surface area (Å²) in [7, 11) is 3.10. The summed E-state index contributed by atoms with van der Waals surface area (Å²) in [5, 5.41) is 0. The van der Waals surface area contributed by atoms with Crippen LogP contribution in [0.15, 0.2) is 29.8 Å². The minimum atomic E-state index is -0.0819. The number of hydrogen-bond acceptors (Lipinski definition) is 4. The molecule has 1 fully saturated rings. The number of nitrogens with zero attached hydrogens (tertiary/aromatic N) is 2. The molecule has 0 saturated carbocycles. The van der Waals surface area contributed by atoms with Gasteiger partial charge < -0.3 is 19.3 Å². The second-order valence-electron chi connectivity index (χ2n) is 5.94. The molecule has 1 aliphatic heterocycles. The van der Waals surface area contributed by atoms with Crippen LogP contribution in [-0.2, 0) is 4.79 Å². The van der Waals surface area contributed by atoms with E-state index in [1.165, 1.54) is 0 Å². The molecule has 0 aliphatic carbocycles. The zero-order valence-corrected chi connectivity index (χ0v) is 14.7. The van der Waals surface area contributed by atoms with Crippen LogP contribution in [0.3, 0.4) is 0 Å². The number of carbonyl (C=O) groups excluding carboxylic acids is 2. The molecule has 0 atom stereocenters. The third-order valence-corrected chi connectivity index (χ3v) is 3.89. The van der Waals surface area contributed by atoms with Crippen molar-refractivity contribution in [1.29, 1.82) is 0 Å². The van der Waals surface area contributed by atoms with Gasteiger partial charge in [0.1, 0.15) is 11.5 Å². The summed E-state index contributed by atoms with van der Waals surface area (Å²) < 4.78 is 10.4. The molecule has 0 unspecified atom stereocenters. The molecule has 0 aromatic heterocycles. The fourth-order valence-electron chi connectivity index (χ4n) is 2.58. The maximum absolute atomic E-state index is 12.7. The number of amides is 2. The van der Waals surface area contributed by atoms with Gasteiger partial charge >= 0.3 is 0 Å². The highest BCUT2D eigenvalue weighted by molar-refractivity contribution is 5.95. The predicted molar refractivity (Wildman–Crippen MR) is 91.5 cm³/mol. The number of hydrogen-bond donors (Lipinski definition) is 0. The van der Waals surface area contributed by atoms with E-state index < -0.39 is 0 Å². The van der Waals surface area contributed by atoms with E-state index in [-0.39, 0.29) is 11.8 Å². The first kappa shape index (κ1) is 17.8. The molecule has 2 rings (SSSR count). The number of ether oxygens (including phenoxy) is 2. The maximum atomic E-state index is 12.7. The number of carbonyl (C=O) groups is 2. The molecule has 2 amide bonds. The Bertz CT molecular complexity index is 620. The number of allylic oxidation sites excluding steroid dienone is 1. The average Bonchev–Trinajstić information content (AvgIpc) is 2.60. The van der Waals surface area contributed by atoms with E-state index in [1.807, 2.05) is 13.8 Å². The Morgan fingerprint density at radius 3 is 1.88 bits per heavy atom. The van der Waals surface area contributed by atoms with E-state index in [2.05, 4.69) is 0 Å². The van der Waals surface area contributed by atoms with Crippen LogP contribution in [0, 0.1) is 0 Å². The van der Waals surface area contributed by atoms with Gasteiger partial charge in [-0.05, 0) is 26.0 Å². The van der Waals surface area contributed by atoms with E-state index >= 15 is 0 Å². The molecule has 24 heavy (non-hydrogen) atoms. The second-order valence-corrected chi connectivity index (χ2v) is 5.94. The summed E-state index contributed by atoms with van der Waals surface area (Å²) in [5.41, 5.74) is 1.50. The van der Waals surface area contributed by atoms with Crippen molar-refractivity contribution in [2.45, 2.75) is 13.8 Å². The van der Waals surface area contributed by atoms with Gasteiger partial charge in [0.25, 0.3) is 5.91 Å². The Morgan fingerprint density at radius 1 is 0.917 bits per heavy atom. The summed E-state index contributed by atoms with van der Waals surface area (Å²) in [5.74, 6) is 1.08. The number of benzene rings is 1. The van der Waals surface area contributed by atoms with Crippen molar-refractivity contribution < 1.29 is 19.1 Å². The van der Waals surface area contributed by atoms with Gasteiger partial charge in [0, 0.05) is 43.9 Å². The lowest BCUT2D eigenvalue weighted by Gasteiger charge is -2.34. The largest absolute Gasteiger partial charge is 0.497 e. The first-order valence-electron chi connectivity index (χ1n) is 7.90. The Balaban J connectivity index is 2.05. The monoisotopic (exact) mass is 332 g/mol. The number of piperazine rings is 1. The zero-order chi connectivity index (χ0) is 17.7. The minimum absolute atomic E-state index is 0.00477. The predicted octanol–water partition coefficient (Wildman–Crippen LogP) is 1.95. The van der Waals surface area contributed by atoms with Gasteiger partial charge in [-0.1, -0.05) is 5.57 Å². The molecule has 1 heterocycles. The summed E-state index contributed by atoms with van der Waals surface area (Å²) in [6.07, 6.45) is 1.63. The van der Waals surface area contributed by atoms with Gasteiger partial charge in [0.15, 0.2) is 0 Å². The smallest absolute Gasteiger partial charge is 0.254 e. The van der Waals surface area contributed by atoms with Crippen LogP contribution >= 0.6 is 0 Å². The molecule has 0 spiro atoms. The van der Waals surface area contributed by atoms with Crippen molar-refractivity contribution >= 4 is 11.8 Å². The molecular formula is C18H24N2O4. The Kier molecular flexibility index (Phi) is 5.84. The minimum Gasteiger partial charge on any atom is -0.497 e. The van der Waals surface area contributed by atoms with Crippen molar-refractivity contribution in [1.82, 2.24) is 9.80 Å². The van der Waals surface area contributed by atoms with Crippen LogP contribution in [0.1, 0.15) is 24.2 Å². The van der Waals surface area contributed by atoms with Gasteiger partial charge in [-0.15, -0.1) is 0 Å². The summed E-state index contributed by atoms with van der Waals surface area (Å²) in [6, 6.07) is 5.13. The molecule has 1 aromatic rings. The lowest BCUT2D eigenvalue weighted by Crippen LogP contribution is -2.50. The topological polar surface area (TPSA) is 59.1 Å².